The van der Waals surface area contributed by atoms with Gasteiger partial charge in [-0.25, -0.2) is 0 Å². The van der Waals surface area contributed by atoms with Gasteiger partial charge in [-0.3, -0.25) is 0 Å². The normalized spacial score (nSPS) is 15.6. The van der Waals surface area contributed by atoms with Crippen molar-refractivity contribution in [1.29, 1.82) is 0 Å². The van der Waals surface area contributed by atoms with E-state index in [1.807, 2.05) is 30.3 Å². The second-order valence-electron chi connectivity index (χ2n) is 4.38. The first-order valence-corrected chi connectivity index (χ1v) is 6.14. The Hall–Kier alpha value is -1.35. The fourth-order valence-electron chi connectivity index (χ4n) is 1.96. The van der Waals surface area contributed by atoms with Gasteiger partial charge in [0, 0.05) is 5.92 Å². The molecule has 0 amide bonds. The van der Waals surface area contributed by atoms with Gasteiger partial charge in [-0.15, -0.1) is 0 Å². The van der Waals surface area contributed by atoms with Crippen LogP contribution >= 0.6 is 0 Å². The lowest BCUT2D eigenvalue weighted by Crippen LogP contribution is -2.17. The largest absolute Gasteiger partial charge is 0.411 e. The zero-order valence-corrected chi connectivity index (χ0v) is 10.5. The summed E-state index contributed by atoms with van der Waals surface area (Å²) in [6, 6.07) is 9.69. The molecule has 0 fully saturated rings. The molecule has 0 heterocycles. The Morgan fingerprint density at radius 3 is 2.35 bits per heavy atom. The Balaban J connectivity index is 2.78. The second kappa shape index (κ2) is 7.07. The minimum Gasteiger partial charge on any atom is -0.411 e. The van der Waals surface area contributed by atoms with Gasteiger partial charge in [0.1, 0.15) is 0 Å². The average molecular weight is 235 g/mol. The van der Waals surface area contributed by atoms with Crippen molar-refractivity contribution in [2.24, 2.45) is 11.1 Å². The predicted molar refractivity (Wildman–Crippen MR) is 69.5 cm³/mol. The number of hydrogen-bond donors (Lipinski definition) is 2. The fraction of sp³-hybridized carbons (Fsp3) is 0.500. The molecule has 0 aliphatic carbocycles. The maximum absolute atomic E-state index is 9.32. The van der Waals surface area contributed by atoms with E-state index in [0.717, 1.165) is 24.8 Å². The third kappa shape index (κ3) is 4.19. The number of nitrogens with zero attached hydrogens (tertiary/aromatic N) is 1. The molecule has 1 aromatic rings. The second-order valence-corrected chi connectivity index (χ2v) is 4.38. The number of aliphatic hydroxyl groups excluding tert-OH is 1. The third-order valence-corrected chi connectivity index (χ3v) is 2.99. The van der Waals surface area contributed by atoms with Crippen molar-refractivity contribution in [3.8, 4) is 0 Å². The van der Waals surface area contributed by atoms with Crippen LogP contribution in [0.1, 0.15) is 38.7 Å². The average Bonchev–Trinajstić information content (AvgIpc) is 2.35. The molecule has 0 saturated heterocycles. The minimum atomic E-state index is -0.306. The highest BCUT2D eigenvalue weighted by molar-refractivity contribution is 6.01. The molecule has 0 aliphatic heterocycles. The van der Waals surface area contributed by atoms with E-state index < -0.39 is 0 Å². The Kier molecular flexibility index (Phi) is 5.70. The summed E-state index contributed by atoms with van der Waals surface area (Å²) in [6.07, 6.45) is 2.16. The summed E-state index contributed by atoms with van der Waals surface area (Å²) in [5.74, 6) is 0.192. The van der Waals surface area contributed by atoms with Crippen LogP contribution in [0.25, 0.3) is 0 Å². The van der Waals surface area contributed by atoms with Crippen LogP contribution in [0, 0.1) is 5.92 Å². The molecular formula is C14H21NO2. The van der Waals surface area contributed by atoms with E-state index in [1.54, 1.807) is 6.92 Å². The summed E-state index contributed by atoms with van der Waals surface area (Å²) >= 11 is 0. The van der Waals surface area contributed by atoms with E-state index in [0.29, 0.717) is 5.71 Å². The highest BCUT2D eigenvalue weighted by Crippen LogP contribution is 2.19. The Morgan fingerprint density at radius 2 is 1.88 bits per heavy atom. The van der Waals surface area contributed by atoms with Crippen LogP contribution in [0.3, 0.4) is 0 Å². The van der Waals surface area contributed by atoms with E-state index in [1.165, 1.54) is 0 Å². The van der Waals surface area contributed by atoms with E-state index in [9.17, 15) is 10.3 Å². The molecule has 3 heteroatoms. The lowest BCUT2D eigenvalue weighted by atomic mass is 9.89. The van der Waals surface area contributed by atoms with Gasteiger partial charge in [0.2, 0.25) is 0 Å². The molecule has 0 aromatic heterocycles. The SMILES string of the molecule is CCC(CCC(C)O)C(=NO)c1ccccc1. The van der Waals surface area contributed by atoms with E-state index >= 15 is 0 Å². The predicted octanol–water partition coefficient (Wildman–Crippen LogP) is 3.05. The molecule has 2 unspecified atom stereocenters. The quantitative estimate of drug-likeness (QED) is 0.452. The standard InChI is InChI=1S/C14H21NO2/c1-3-12(10-9-11(2)16)14(15-17)13-7-5-4-6-8-13/h4-8,11-12,16-17H,3,9-10H2,1-2H3. The fourth-order valence-corrected chi connectivity index (χ4v) is 1.96. The van der Waals surface area contributed by atoms with Gasteiger partial charge >= 0.3 is 0 Å². The molecular weight excluding hydrogens is 214 g/mol. The monoisotopic (exact) mass is 235 g/mol. The van der Waals surface area contributed by atoms with Gasteiger partial charge in [0.25, 0.3) is 0 Å². The number of hydrogen-bond acceptors (Lipinski definition) is 3. The molecule has 94 valence electrons. The van der Waals surface area contributed by atoms with Gasteiger partial charge in [0.15, 0.2) is 0 Å². The lowest BCUT2D eigenvalue weighted by molar-refractivity contribution is 0.177. The molecule has 0 spiro atoms. The van der Waals surface area contributed by atoms with Crippen molar-refractivity contribution in [3.63, 3.8) is 0 Å². The van der Waals surface area contributed by atoms with E-state index in [4.69, 9.17) is 0 Å². The maximum atomic E-state index is 9.32. The van der Waals surface area contributed by atoms with Crippen molar-refractivity contribution < 1.29 is 10.3 Å². The zero-order chi connectivity index (χ0) is 12.7. The number of rotatable bonds is 6. The van der Waals surface area contributed by atoms with Gasteiger partial charge in [-0.05, 0) is 31.7 Å². The minimum absolute atomic E-state index is 0.192. The molecule has 2 atom stereocenters. The summed E-state index contributed by atoms with van der Waals surface area (Å²) in [5, 5.41) is 21.9. The van der Waals surface area contributed by atoms with Gasteiger partial charge in [-0.1, -0.05) is 42.4 Å². The summed E-state index contributed by atoms with van der Waals surface area (Å²) in [5.41, 5.74) is 1.67. The summed E-state index contributed by atoms with van der Waals surface area (Å²) in [7, 11) is 0. The molecule has 3 nitrogen and oxygen atoms in total. The molecule has 2 N–H and O–H groups in total. The summed E-state index contributed by atoms with van der Waals surface area (Å²) in [4.78, 5) is 0. The van der Waals surface area contributed by atoms with Crippen molar-refractivity contribution in [1.82, 2.24) is 0 Å². The number of benzene rings is 1. The zero-order valence-electron chi connectivity index (χ0n) is 10.5. The Bertz CT molecular complexity index is 346. The first-order chi connectivity index (χ1) is 8.19. The van der Waals surface area contributed by atoms with Crippen LogP contribution in [0.5, 0.6) is 0 Å². The van der Waals surface area contributed by atoms with Gasteiger partial charge in [-0.2, -0.15) is 0 Å². The van der Waals surface area contributed by atoms with Crippen LogP contribution in [-0.4, -0.2) is 22.1 Å². The highest BCUT2D eigenvalue weighted by atomic mass is 16.4. The molecule has 0 bridgehead atoms. The van der Waals surface area contributed by atoms with Crippen LogP contribution in [0.4, 0.5) is 0 Å². The van der Waals surface area contributed by atoms with Crippen molar-refractivity contribution in [2.45, 2.75) is 39.2 Å². The lowest BCUT2D eigenvalue weighted by Gasteiger charge is -2.17. The van der Waals surface area contributed by atoms with Crippen molar-refractivity contribution in [3.05, 3.63) is 35.9 Å². The first kappa shape index (κ1) is 13.7. The van der Waals surface area contributed by atoms with Gasteiger partial charge in [0.05, 0.1) is 11.8 Å². The molecule has 17 heavy (non-hydrogen) atoms. The van der Waals surface area contributed by atoms with Crippen LogP contribution in [0.2, 0.25) is 0 Å². The molecule has 0 saturated carbocycles. The topological polar surface area (TPSA) is 52.8 Å². The molecule has 1 rings (SSSR count). The third-order valence-electron chi connectivity index (χ3n) is 2.99. The Labute approximate surface area is 103 Å². The highest BCUT2D eigenvalue weighted by Gasteiger charge is 2.17. The van der Waals surface area contributed by atoms with E-state index in [-0.39, 0.29) is 12.0 Å². The summed E-state index contributed by atoms with van der Waals surface area (Å²) < 4.78 is 0. The smallest absolute Gasteiger partial charge is 0.0898 e. The number of aliphatic hydroxyl groups is 1. The van der Waals surface area contributed by atoms with Crippen LogP contribution in [-0.2, 0) is 0 Å². The number of oxime groups is 1. The first-order valence-electron chi connectivity index (χ1n) is 6.14. The van der Waals surface area contributed by atoms with Crippen LogP contribution < -0.4 is 0 Å². The van der Waals surface area contributed by atoms with Crippen LogP contribution in [0.15, 0.2) is 35.5 Å². The Morgan fingerprint density at radius 1 is 1.24 bits per heavy atom. The molecule has 0 radical (unpaired) electrons. The van der Waals surface area contributed by atoms with E-state index in [2.05, 4.69) is 12.1 Å². The van der Waals surface area contributed by atoms with Crippen molar-refractivity contribution >= 4 is 5.71 Å². The summed E-state index contributed by atoms with van der Waals surface area (Å²) in [6.45, 7) is 3.85. The maximum Gasteiger partial charge on any atom is 0.0898 e. The molecule has 0 aliphatic rings. The van der Waals surface area contributed by atoms with Gasteiger partial charge < -0.3 is 10.3 Å². The molecule has 1 aromatic carbocycles. The van der Waals surface area contributed by atoms with Crippen molar-refractivity contribution in [2.75, 3.05) is 0 Å².